The summed E-state index contributed by atoms with van der Waals surface area (Å²) in [5, 5.41) is 4.35. The summed E-state index contributed by atoms with van der Waals surface area (Å²) in [6.07, 6.45) is 3.40. The van der Waals surface area contributed by atoms with Gasteiger partial charge in [0.1, 0.15) is 0 Å². The molecule has 0 amide bonds. The van der Waals surface area contributed by atoms with Crippen LogP contribution in [0.2, 0.25) is 0 Å². The highest BCUT2D eigenvalue weighted by Crippen LogP contribution is 2.20. The van der Waals surface area contributed by atoms with Crippen LogP contribution < -0.4 is 5.32 Å². The number of nitrogens with zero attached hydrogens (tertiary/aromatic N) is 1. The predicted octanol–water partition coefficient (Wildman–Crippen LogP) is 2.22. The first-order chi connectivity index (χ1) is 9.12. The summed E-state index contributed by atoms with van der Waals surface area (Å²) < 4.78 is 23.2. The minimum atomic E-state index is -2.88. The second-order valence-corrected chi connectivity index (χ2v) is 7.24. The number of pyridine rings is 1. The van der Waals surface area contributed by atoms with Gasteiger partial charge in [-0.3, -0.25) is 4.98 Å². The first-order valence-electron chi connectivity index (χ1n) is 6.44. The van der Waals surface area contributed by atoms with Crippen molar-refractivity contribution in [2.24, 2.45) is 0 Å². The molecule has 0 spiro atoms. The fourth-order valence-corrected chi connectivity index (χ4v) is 4.16. The van der Waals surface area contributed by atoms with Gasteiger partial charge in [-0.05, 0) is 25.0 Å². The van der Waals surface area contributed by atoms with Crippen molar-refractivity contribution in [2.45, 2.75) is 18.9 Å². The number of sulfone groups is 1. The molecular formula is C14H16N2O2S. The SMILES string of the molecule is O=S1(=O)CCCC(Nc2cnc3ccccc3c2)C1. The molecule has 3 rings (SSSR count). The monoisotopic (exact) mass is 276 g/mol. The van der Waals surface area contributed by atoms with Crippen LogP contribution in [0.15, 0.2) is 36.5 Å². The van der Waals surface area contributed by atoms with E-state index in [1.54, 1.807) is 6.20 Å². The Bertz CT molecular complexity index is 697. The van der Waals surface area contributed by atoms with Crippen LogP contribution in [0.5, 0.6) is 0 Å². The molecule has 5 heteroatoms. The number of aromatic nitrogens is 1. The normalized spacial score (nSPS) is 22.2. The molecule has 1 aliphatic heterocycles. The maximum atomic E-state index is 11.6. The molecule has 1 aromatic carbocycles. The molecular weight excluding hydrogens is 260 g/mol. The van der Waals surface area contributed by atoms with Crippen LogP contribution in [0.25, 0.3) is 10.9 Å². The summed E-state index contributed by atoms with van der Waals surface area (Å²) in [4.78, 5) is 4.37. The lowest BCUT2D eigenvalue weighted by molar-refractivity contribution is 0.562. The molecule has 2 aromatic rings. The van der Waals surface area contributed by atoms with Crippen LogP contribution in [0.1, 0.15) is 12.8 Å². The lowest BCUT2D eigenvalue weighted by Crippen LogP contribution is -2.34. The third-order valence-electron chi connectivity index (χ3n) is 3.42. The highest BCUT2D eigenvalue weighted by atomic mass is 32.2. The van der Waals surface area contributed by atoms with Gasteiger partial charge in [0.05, 0.1) is 28.9 Å². The number of rotatable bonds is 2. The molecule has 1 unspecified atom stereocenters. The molecule has 19 heavy (non-hydrogen) atoms. The minimum absolute atomic E-state index is 0.00159. The van der Waals surface area contributed by atoms with Gasteiger partial charge in [-0.1, -0.05) is 18.2 Å². The van der Waals surface area contributed by atoms with E-state index in [9.17, 15) is 8.42 Å². The van der Waals surface area contributed by atoms with Crippen LogP contribution in [0, 0.1) is 0 Å². The zero-order chi connectivity index (χ0) is 13.3. The Morgan fingerprint density at radius 2 is 2.11 bits per heavy atom. The second kappa shape index (κ2) is 4.81. The highest BCUT2D eigenvalue weighted by molar-refractivity contribution is 7.91. The maximum absolute atomic E-state index is 11.6. The van der Waals surface area contributed by atoms with E-state index in [0.717, 1.165) is 29.4 Å². The van der Waals surface area contributed by atoms with E-state index in [1.165, 1.54) is 0 Å². The van der Waals surface area contributed by atoms with E-state index in [0.29, 0.717) is 5.75 Å². The lowest BCUT2D eigenvalue weighted by atomic mass is 10.1. The molecule has 1 fully saturated rings. The van der Waals surface area contributed by atoms with E-state index in [2.05, 4.69) is 10.3 Å². The molecule has 2 heterocycles. The average Bonchev–Trinajstić information content (AvgIpc) is 2.37. The molecule has 0 aliphatic carbocycles. The number of benzene rings is 1. The highest BCUT2D eigenvalue weighted by Gasteiger charge is 2.24. The predicted molar refractivity (Wildman–Crippen MR) is 77.0 cm³/mol. The number of anilines is 1. The van der Waals surface area contributed by atoms with E-state index < -0.39 is 9.84 Å². The molecule has 4 nitrogen and oxygen atoms in total. The van der Waals surface area contributed by atoms with Crippen LogP contribution in [0.4, 0.5) is 5.69 Å². The zero-order valence-corrected chi connectivity index (χ0v) is 11.4. The maximum Gasteiger partial charge on any atom is 0.152 e. The quantitative estimate of drug-likeness (QED) is 0.913. The van der Waals surface area contributed by atoms with Gasteiger partial charge in [-0.25, -0.2) is 8.42 Å². The van der Waals surface area contributed by atoms with Gasteiger partial charge >= 0.3 is 0 Å². The van der Waals surface area contributed by atoms with Crippen LogP contribution >= 0.6 is 0 Å². The fourth-order valence-electron chi connectivity index (χ4n) is 2.52. The first-order valence-corrected chi connectivity index (χ1v) is 8.26. The van der Waals surface area contributed by atoms with Crippen molar-refractivity contribution in [3.63, 3.8) is 0 Å². The summed E-state index contributed by atoms with van der Waals surface area (Å²) in [6, 6.07) is 9.91. The molecule has 1 aromatic heterocycles. The van der Waals surface area contributed by atoms with E-state index in [1.807, 2.05) is 30.3 Å². The van der Waals surface area contributed by atoms with Crippen LogP contribution in [-0.2, 0) is 9.84 Å². The zero-order valence-electron chi connectivity index (χ0n) is 10.5. The standard InChI is InChI=1S/C14H16N2O2S/c17-19(18)7-3-5-12(10-19)16-13-8-11-4-1-2-6-14(11)15-9-13/h1-2,4,6,8-9,12,16H,3,5,7,10H2. The molecule has 100 valence electrons. The number of hydrogen-bond acceptors (Lipinski definition) is 4. The first kappa shape index (κ1) is 12.4. The summed E-state index contributed by atoms with van der Waals surface area (Å²) >= 11 is 0. The van der Waals surface area contributed by atoms with E-state index in [4.69, 9.17) is 0 Å². The van der Waals surface area contributed by atoms with Crippen molar-refractivity contribution in [1.29, 1.82) is 0 Å². The Morgan fingerprint density at radius 1 is 1.26 bits per heavy atom. The van der Waals surface area contributed by atoms with Crippen molar-refractivity contribution in [3.05, 3.63) is 36.5 Å². The third kappa shape index (κ3) is 2.87. The van der Waals surface area contributed by atoms with Crippen molar-refractivity contribution < 1.29 is 8.42 Å². The Balaban J connectivity index is 1.81. The smallest absolute Gasteiger partial charge is 0.152 e. The summed E-state index contributed by atoms with van der Waals surface area (Å²) in [5.41, 5.74) is 1.84. The molecule has 1 saturated heterocycles. The number of hydrogen-bond donors (Lipinski definition) is 1. The van der Waals surface area contributed by atoms with Crippen molar-refractivity contribution >= 4 is 26.4 Å². The van der Waals surface area contributed by atoms with Gasteiger partial charge in [0.15, 0.2) is 9.84 Å². The molecule has 1 atom stereocenters. The Kier molecular flexibility index (Phi) is 3.14. The Hall–Kier alpha value is -1.62. The molecule has 1 N–H and O–H groups in total. The Labute approximate surface area is 112 Å². The van der Waals surface area contributed by atoms with Gasteiger partial charge in [-0.15, -0.1) is 0 Å². The third-order valence-corrected chi connectivity index (χ3v) is 5.25. The van der Waals surface area contributed by atoms with Gasteiger partial charge in [0, 0.05) is 11.4 Å². The van der Waals surface area contributed by atoms with Crippen molar-refractivity contribution in [1.82, 2.24) is 4.98 Å². The topological polar surface area (TPSA) is 59.1 Å². The summed E-state index contributed by atoms with van der Waals surface area (Å²) in [6.45, 7) is 0. The van der Waals surface area contributed by atoms with Crippen LogP contribution in [-0.4, -0.2) is 30.9 Å². The minimum Gasteiger partial charge on any atom is -0.380 e. The number of para-hydroxylation sites is 1. The molecule has 0 bridgehead atoms. The molecule has 0 saturated carbocycles. The number of fused-ring (bicyclic) bond motifs is 1. The van der Waals surface area contributed by atoms with Gasteiger partial charge in [0.2, 0.25) is 0 Å². The van der Waals surface area contributed by atoms with Gasteiger partial charge in [-0.2, -0.15) is 0 Å². The summed E-state index contributed by atoms with van der Waals surface area (Å²) in [5.74, 6) is 0.543. The molecule has 1 aliphatic rings. The van der Waals surface area contributed by atoms with Gasteiger partial charge in [0.25, 0.3) is 0 Å². The van der Waals surface area contributed by atoms with E-state index in [-0.39, 0.29) is 11.8 Å². The Morgan fingerprint density at radius 3 is 2.95 bits per heavy atom. The van der Waals surface area contributed by atoms with Gasteiger partial charge < -0.3 is 5.32 Å². The lowest BCUT2D eigenvalue weighted by Gasteiger charge is -2.23. The summed E-state index contributed by atoms with van der Waals surface area (Å²) in [7, 11) is -2.88. The number of nitrogens with one attached hydrogen (secondary N) is 1. The average molecular weight is 276 g/mol. The second-order valence-electron chi connectivity index (χ2n) is 5.01. The fraction of sp³-hybridized carbons (Fsp3) is 0.357. The van der Waals surface area contributed by atoms with Crippen molar-refractivity contribution in [3.8, 4) is 0 Å². The van der Waals surface area contributed by atoms with Crippen molar-refractivity contribution in [2.75, 3.05) is 16.8 Å². The van der Waals surface area contributed by atoms with E-state index >= 15 is 0 Å². The van der Waals surface area contributed by atoms with Crippen LogP contribution in [0.3, 0.4) is 0 Å². The largest absolute Gasteiger partial charge is 0.380 e. The molecule has 0 radical (unpaired) electrons.